The third-order valence-corrected chi connectivity index (χ3v) is 3.06. The fourth-order valence-electron chi connectivity index (χ4n) is 1.98. The van der Waals surface area contributed by atoms with Gasteiger partial charge in [0.1, 0.15) is 17.1 Å². The van der Waals surface area contributed by atoms with Crippen LogP contribution in [0.1, 0.15) is 21.6 Å². The number of allylic oxidation sites excluding steroid dienone is 1. The van der Waals surface area contributed by atoms with Crippen LogP contribution in [0.5, 0.6) is 11.5 Å². The summed E-state index contributed by atoms with van der Waals surface area (Å²) in [6.45, 7) is 1.16. The SMILES string of the molecule is Cc1cc(O)c(C(=O)/C=C/c2ccc(OCC(=O)O)cc2)c(=O)[nH]1. The molecule has 2 aromatic rings. The van der Waals surface area contributed by atoms with Gasteiger partial charge in [0, 0.05) is 5.69 Å². The number of hydrogen-bond donors (Lipinski definition) is 3. The number of aromatic nitrogens is 1. The number of H-pyrrole nitrogens is 1. The molecule has 0 amide bonds. The summed E-state index contributed by atoms with van der Waals surface area (Å²) in [6.07, 6.45) is 2.65. The molecule has 0 spiro atoms. The van der Waals surface area contributed by atoms with Crippen molar-refractivity contribution in [3.8, 4) is 11.5 Å². The zero-order valence-electron chi connectivity index (χ0n) is 12.8. The van der Waals surface area contributed by atoms with Crippen molar-refractivity contribution in [1.82, 2.24) is 4.98 Å². The molecule has 0 radical (unpaired) electrons. The van der Waals surface area contributed by atoms with E-state index in [-0.39, 0.29) is 11.3 Å². The average Bonchev–Trinajstić information content (AvgIpc) is 2.51. The van der Waals surface area contributed by atoms with Crippen LogP contribution in [0.25, 0.3) is 6.08 Å². The summed E-state index contributed by atoms with van der Waals surface area (Å²) >= 11 is 0. The third-order valence-electron chi connectivity index (χ3n) is 3.06. The summed E-state index contributed by atoms with van der Waals surface area (Å²) in [5, 5.41) is 18.3. The summed E-state index contributed by atoms with van der Waals surface area (Å²) < 4.78 is 4.99. The Balaban J connectivity index is 2.12. The van der Waals surface area contributed by atoms with Crippen LogP contribution >= 0.6 is 0 Å². The number of aromatic hydroxyl groups is 1. The number of ketones is 1. The number of aryl methyl sites for hydroxylation is 1. The normalized spacial score (nSPS) is 10.7. The molecule has 24 heavy (non-hydrogen) atoms. The molecule has 7 heteroatoms. The number of hydrogen-bond acceptors (Lipinski definition) is 5. The molecule has 0 unspecified atom stereocenters. The quantitative estimate of drug-likeness (QED) is 0.549. The van der Waals surface area contributed by atoms with Crippen LogP contribution in [0.15, 0.2) is 41.2 Å². The van der Waals surface area contributed by atoms with E-state index in [1.807, 2.05) is 0 Å². The summed E-state index contributed by atoms with van der Waals surface area (Å²) in [5.41, 5.74) is 0.127. The van der Waals surface area contributed by atoms with Gasteiger partial charge in [-0.15, -0.1) is 0 Å². The maximum absolute atomic E-state index is 12.1. The van der Waals surface area contributed by atoms with Crippen LogP contribution in [0.3, 0.4) is 0 Å². The minimum absolute atomic E-state index is 0.321. The lowest BCUT2D eigenvalue weighted by molar-refractivity contribution is -0.139. The second-order valence-electron chi connectivity index (χ2n) is 4.99. The summed E-state index contributed by atoms with van der Waals surface area (Å²) in [4.78, 5) is 36.7. The second kappa shape index (κ2) is 7.28. The fourth-order valence-corrected chi connectivity index (χ4v) is 1.98. The van der Waals surface area contributed by atoms with E-state index in [1.165, 1.54) is 18.2 Å². The minimum Gasteiger partial charge on any atom is -0.507 e. The number of rotatable bonds is 6. The molecule has 0 saturated carbocycles. The Bertz CT molecular complexity index is 848. The van der Waals surface area contributed by atoms with Gasteiger partial charge in [0.15, 0.2) is 12.4 Å². The number of aromatic amines is 1. The summed E-state index contributed by atoms with van der Waals surface area (Å²) in [6, 6.07) is 7.67. The van der Waals surface area contributed by atoms with Crippen molar-refractivity contribution in [3.05, 3.63) is 63.6 Å². The van der Waals surface area contributed by atoms with E-state index < -0.39 is 23.9 Å². The molecule has 1 aromatic carbocycles. The molecule has 1 heterocycles. The highest BCUT2D eigenvalue weighted by molar-refractivity contribution is 6.08. The highest BCUT2D eigenvalue weighted by atomic mass is 16.5. The average molecular weight is 329 g/mol. The number of benzene rings is 1. The van der Waals surface area contributed by atoms with E-state index in [2.05, 4.69) is 4.98 Å². The van der Waals surface area contributed by atoms with Crippen LogP contribution in [-0.4, -0.2) is 33.6 Å². The Morgan fingerprint density at radius 2 is 1.92 bits per heavy atom. The number of pyridine rings is 1. The number of nitrogens with one attached hydrogen (secondary N) is 1. The first-order valence-corrected chi connectivity index (χ1v) is 6.97. The van der Waals surface area contributed by atoms with Gasteiger partial charge in [-0.1, -0.05) is 18.2 Å². The van der Waals surface area contributed by atoms with Crippen LogP contribution in [0.4, 0.5) is 0 Å². The Morgan fingerprint density at radius 3 is 2.50 bits per heavy atom. The summed E-state index contributed by atoms with van der Waals surface area (Å²) in [5.74, 6) is -1.69. The maximum atomic E-state index is 12.1. The van der Waals surface area contributed by atoms with E-state index in [9.17, 15) is 19.5 Å². The van der Waals surface area contributed by atoms with Crippen molar-refractivity contribution in [2.24, 2.45) is 0 Å². The van der Waals surface area contributed by atoms with Crippen molar-refractivity contribution in [2.75, 3.05) is 6.61 Å². The first kappa shape index (κ1) is 17.0. The van der Waals surface area contributed by atoms with E-state index in [0.29, 0.717) is 17.0 Å². The molecule has 0 aliphatic carbocycles. The lowest BCUT2D eigenvalue weighted by Gasteiger charge is -2.03. The second-order valence-corrected chi connectivity index (χ2v) is 4.99. The van der Waals surface area contributed by atoms with Gasteiger partial charge in [-0.2, -0.15) is 0 Å². The van der Waals surface area contributed by atoms with Gasteiger partial charge in [-0.25, -0.2) is 4.79 Å². The zero-order valence-corrected chi connectivity index (χ0v) is 12.8. The van der Waals surface area contributed by atoms with E-state index in [4.69, 9.17) is 9.84 Å². The number of ether oxygens (including phenoxy) is 1. The predicted molar refractivity (Wildman–Crippen MR) is 86.4 cm³/mol. The van der Waals surface area contributed by atoms with E-state index >= 15 is 0 Å². The predicted octanol–water partition coefficient (Wildman–Crippen LogP) is 1.75. The van der Waals surface area contributed by atoms with Gasteiger partial charge in [0.05, 0.1) is 0 Å². The third kappa shape index (κ3) is 4.33. The first-order chi connectivity index (χ1) is 11.4. The standard InChI is InChI=1S/C17H15NO6/c1-10-8-14(20)16(17(23)18-10)13(19)7-4-11-2-5-12(6-3-11)24-9-15(21)22/h2-8H,9H2,1H3,(H,21,22)(H2,18,20,23)/b7-4+. The molecule has 0 atom stereocenters. The molecule has 7 nitrogen and oxygen atoms in total. The van der Waals surface area contributed by atoms with Crippen molar-refractivity contribution >= 4 is 17.8 Å². The van der Waals surface area contributed by atoms with Gasteiger partial charge in [0.25, 0.3) is 5.56 Å². The molecule has 2 rings (SSSR count). The molecule has 0 aliphatic heterocycles. The molecular weight excluding hydrogens is 314 g/mol. The number of carbonyl (C=O) groups is 2. The monoisotopic (exact) mass is 329 g/mol. The van der Waals surface area contributed by atoms with Crippen molar-refractivity contribution in [3.63, 3.8) is 0 Å². The van der Waals surface area contributed by atoms with E-state index in [1.54, 1.807) is 31.2 Å². The lowest BCUT2D eigenvalue weighted by atomic mass is 10.1. The van der Waals surface area contributed by atoms with E-state index in [0.717, 1.165) is 0 Å². The van der Waals surface area contributed by atoms with Gasteiger partial charge in [0.2, 0.25) is 0 Å². The fraction of sp³-hybridized carbons (Fsp3) is 0.118. The molecule has 0 saturated heterocycles. The summed E-state index contributed by atoms with van der Waals surface area (Å²) in [7, 11) is 0. The molecule has 3 N–H and O–H groups in total. The van der Waals surface area contributed by atoms with Gasteiger partial charge in [-0.3, -0.25) is 9.59 Å². The molecule has 0 fully saturated rings. The Hall–Kier alpha value is -3.35. The number of carboxylic acids is 1. The van der Waals surface area contributed by atoms with Crippen molar-refractivity contribution in [1.29, 1.82) is 0 Å². The zero-order chi connectivity index (χ0) is 17.7. The minimum atomic E-state index is -1.08. The Labute approximate surface area is 136 Å². The Kier molecular flexibility index (Phi) is 5.16. The highest BCUT2D eigenvalue weighted by Crippen LogP contribution is 2.16. The molecule has 0 aliphatic rings. The Morgan fingerprint density at radius 1 is 1.25 bits per heavy atom. The smallest absolute Gasteiger partial charge is 0.341 e. The van der Waals surface area contributed by atoms with Crippen LogP contribution in [0, 0.1) is 6.92 Å². The molecule has 1 aromatic heterocycles. The van der Waals surface area contributed by atoms with Gasteiger partial charge in [-0.05, 0) is 36.8 Å². The molecule has 0 bridgehead atoms. The number of aliphatic carboxylic acids is 1. The topological polar surface area (TPSA) is 117 Å². The van der Waals surface area contributed by atoms with Crippen molar-refractivity contribution in [2.45, 2.75) is 6.92 Å². The number of carboxylic acid groups (broad SMARTS) is 1. The van der Waals surface area contributed by atoms with Gasteiger partial charge >= 0.3 is 5.97 Å². The molecular formula is C17H15NO6. The largest absolute Gasteiger partial charge is 0.507 e. The van der Waals surface area contributed by atoms with Crippen LogP contribution in [-0.2, 0) is 4.79 Å². The maximum Gasteiger partial charge on any atom is 0.341 e. The first-order valence-electron chi connectivity index (χ1n) is 6.97. The molecule has 124 valence electrons. The van der Waals surface area contributed by atoms with Crippen molar-refractivity contribution < 1.29 is 24.5 Å². The van der Waals surface area contributed by atoms with Gasteiger partial charge < -0.3 is 19.9 Å². The highest BCUT2D eigenvalue weighted by Gasteiger charge is 2.13. The lowest BCUT2D eigenvalue weighted by Crippen LogP contribution is -2.17. The number of carbonyl (C=O) groups excluding carboxylic acids is 1. The van der Waals surface area contributed by atoms with Crippen LogP contribution in [0.2, 0.25) is 0 Å². The van der Waals surface area contributed by atoms with Crippen LogP contribution < -0.4 is 10.3 Å².